The van der Waals surface area contributed by atoms with Crippen LogP contribution in [-0.2, 0) is 9.53 Å². The molecule has 0 radical (unpaired) electrons. The summed E-state index contributed by atoms with van der Waals surface area (Å²) >= 11 is 0. The number of methoxy groups -OCH3 is 1. The zero-order valence-corrected chi connectivity index (χ0v) is 10.1. The molecule has 16 heavy (non-hydrogen) atoms. The molecular weight excluding hydrogens is 206 g/mol. The van der Waals surface area contributed by atoms with Crippen molar-refractivity contribution in [2.75, 3.05) is 20.2 Å². The SMILES string of the molecule is COC(=O)C(C1CC1)N1CCC(C(C)O)C1. The monoisotopic (exact) mass is 227 g/mol. The zero-order chi connectivity index (χ0) is 11.7. The van der Waals surface area contributed by atoms with E-state index in [1.807, 2.05) is 6.92 Å². The average molecular weight is 227 g/mol. The Labute approximate surface area is 96.6 Å². The molecule has 0 amide bonds. The molecule has 2 rings (SSSR count). The van der Waals surface area contributed by atoms with Crippen LogP contribution in [0.4, 0.5) is 0 Å². The van der Waals surface area contributed by atoms with Crippen molar-refractivity contribution < 1.29 is 14.6 Å². The van der Waals surface area contributed by atoms with E-state index >= 15 is 0 Å². The van der Waals surface area contributed by atoms with Gasteiger partial charge >= 0.3 is 5.97 Å². The van der Waals surface area contributed by atoms with Crippen molar-refractivity contribution in [1.29, 1.82) is 0 Å². The second-order valence-electron chi connectivity index (χ2n) is 5.09. The molecule has 0 bridgehead atoms. The number of esters is 1. The summed E-state index contributed by atoms with van der Waals surface area (Å²) in [4.78, 5) is 13.9. The minimum atomic E-state index is -0.275. The normalized spacial score (nSPS) is 30.1. The third-order valence-corrected chi connectivity index (χ3v) is 3.84. The van der Waals surface area contributed by atoms with Gasteiger partial charge in [-0.15, -0.1) is 0 Å². The molecule has 1 saturated heterocycles. The molecule has 0 aromatic heterocycles. The maximum Gasteiger partial charge on any atom is 0.323 e. The molecule has 4 nitrogen and oxygen atoms in total. The molecule has 1 heterocycles. The van der Waals surface area contributed by atoms with Gasteiger partial charge in [0.2, 0.25) is 0 Å². The van der Waals surface area contributed by atoms with Crippen LogP contribution in [0.1, 0.15) is 26.2 Å². The van der Waals surface area contributed by atoms with Crippen LogP contribution in [-0.4, -0.2) is 48.3 Å². The van der Waals surface area contributed by atoms with Crippen LogP contribution >= 0.6 is 0 Å². The summed E-state index contributed by atoms with van der Waals surface area (Å²) in [6.07, 6.45) is 2.98. The number of aliphatic hydroxyl groups is 1. The minimum absolute atomic E-state index is 0.0613. The summed E-state index contributed by atoms with van der Waals surface area (Å²) in [5.74, 6) is 0.694. The van der Waals surface area contributed by atoms with Gasteiger partial charge < -0.3 is 9.84 Å². The fourth-order valence-electron chi connectivity index (χ4n) is 2.63. The molecule has 3 atom stereocenters. The molecule has 2 aliphatic rings. The van der Waals surface area contributed by atoms with E-state index in [0.29, 0.717) is 11.8 Å². The molecule has 0 aromatic carbocycles. The van der Waals surface area contributed by atoms with Crippen LogP contribution in [0.5, 0.6) is 0 Å². The molecule has 0 aromatic rings. The molecule has 1 aliphatic carbocycles. The van der Waals surface area contributed by atoms with E-state index in [2.05, 4.69) is 4.90 Å². The number of carbonyl (C=O) groups excluding carboxylic acids is 1. The van der Waals surface area contributed by atoms with Gasteiger partial charge in [0, 0.05) is 6.54 Å². The quantitative estimate of drug-likeness (QED) is 0.716. The summed E-state index contributed by atoms with van der Waals surface area (Å²) in [6.45, 7) is 3.57. The van der Waals surface area contributed by atoms with E-state index in [9.17, 15) is 9.90 Å². The van der Waals surface area contributed by atoms with E-state index in [1.165, 1.54) is 7.11 Å². The van der Waals surface area contributed by atoms with Gasteiger partial charge in [-0.2, -0.15) is 0 Å². The number of likely N-dealkylation sites (tertiary alicyclic amines) is 1. The van der Waals surface area contributed by atoms with Crippen LogP contribution in [0.2, 0.25) is 0 Å². The molecule has 4 heteroatoms. The van der Waals surface area contributed by atoms with Gasteiger partial charge in [-0.25, -0.2) is 0 Å². The first-order valence-electron chi connectivity index (χ1n) is 6.13. The Morgan fingerprint density at radius 3 is 2.50 bits per heavy atom. The van der Waals surface area contributed by atoms with Gasteiger partial charge in [0.1, 0.15) is 6.04 Å². The van der Waals surface area contributed by atoms with Gasteiger partial charge in [0.25, 0.3) is 0 Å². The van der Waals surface area contributed by atoms with Crippen molar-refractivity contribution in [3.63, 3.8) is 0 Å². The second kappa shape index (κ2) is 4.72. The summed E-state index contributed by atoms with van der Waals surface area (Å²) in [5, 5.41) is 9.56. The molecule has 1 N–H and O–H groups in total. The topological polar surface area (TPSA) is 49.8 Å². The van der Waals surface area contributed by atoms with E-state index in [4.69, 9.17) is 4.74 Å². The number of hydrogen-bond acceptors (Lipinski definition) is 4. The summed E-state index contributed by atoms with van der Waals surface area (Å²) < 4.78 is 4.88. The average Bonchev–Trinajstić information content (AvgIpc) is 2.95. The molecule has 1 saturated carbocycles. The molecule has 1 aliphatic heterocycles. The van der Waals surface area contributed by atoms with Crippen molar-refractivity contribution in [2.45, 2.75) is 38.3 Å². The lowest BCUT2D eigenvalue weighted by Crippen LogP contribution is -2.42. The lowest BCUT2D eigenvalue weighted by Gasteiger charge is -2.25. The highest BCUT2D eigenvalue weighted by Crippen LogP contribution is 2.38. The minimum Gasteiger partial charge on any atom is -0.468 e. The first kappa shape index (κ1) is 11.9. The largest absolute Gasteiger partial charge is 0.468 e. The van der Waals surface area contributed by atoms with Gasteiger partial charge in [-0.05, 0) is 44.6 Å². The van der Waals surface area contributed by atoms with E-state index < -0.39 is 0 Å². The van der Waals surface area contributed by atoms with Crippen LogP contribution in [0, 0.1) is 11.8 Å². The summed E-state index contributed by atoms with van der Waals surface area (Å²) in [5.41, 5.74) is 0. The fourth-order valence-corrected chi connectivity index (χ4v) is 2.63. The van der Waals surface area contributed by atoms with Gasteiger partial charge in [0.15, 0.2) is 0 Å². The van der Waals surface area contributed by atoms with Crippen LogP contribution in [0.25, 0.3) is 0 Å². The Morgan fingerprint density at radius 2 is 2.06 bits per heavy atom. The predicted octanol–water partition coefficient (Wildman–Crippen LogP) is 0.641. The summed E-state index contributed by atoms with van der Waals surface area (Å²) in [7, 11) is 1.46. The number of hydrogen-bond donors (Lipinski definition) is 1. The van der Waals surface area contributed by atoms with Gasteiger partial charge in [0.05, 0.1) is 13.2 Å². The van der Waals surface area contributed by atoms with Gasteiger partial charge in [-0.1, -0.05) is 0 Å². The van der Waals surface area contributed by atoms with Crippen LogP contribution < -0.4 is 0 Å². The summed E-state index contributed by atoms with van der Waals surface area (Å²) in [6, 6.07) is -0.0613. The standard InChI is InChI=1S/C12H21NO3/c1-8(14)10-5-6-13(7-10)11(9-3-4-9)12(15)16-2/h8-11,14H,3-7H2,1-2H3. The number of nitrogens with zero attached hydrogens (tertiary/aromatic N) is 1. The molecule has 2 fully saturated rings. The maximum absolute atomic E-state index is 11.7. The van der Waals surface area contributed by atoms with E-state index in [0.717, 1.165) is 32.4 Å². The third kappa shape index (κ3) is 2.38. The lowest BCUT2D eigenvalue weighted by molar-refractivity contribution is -0.147. The third-order valence-electron chi connectivity index (χ3n) is 3.84. The van der Waals surface area contributed by atoms with Crippen LogP contribution in [0.3, 0.4) is 0 Å². The Kier molecular flexibility index (Phi) is 3.50. The van der Waals surface area contributed by atoms with Crippen molar-refractivity contribution in [2.24, 2.45) is 11.8 Å². The van der Waals surface area contributed by atoms with Crippen LogP contribution in [0.15, 0.2) is 0 Å². The lowest BCUT2D eigenvalue weighted by atomic mass is 10.0. The predicted molar refractivity (Wildman–Crippen MR) is 59.9 cm³/mol. The number of carbonyl (C=O) groups is 1. The number of ether oxygens (including phenoxy) is 1. The Hall–Kier alpha value is -0.610. The smallest absolute Gasteiger partial charge is 0.323 e. The first-order valence-corrected chi connectivity index (χ1v) is 6.13. The van der Waals surface area contributed by atoms with Crippen molar-refractivity contribution in [3.8, 4) is 0 Å². The second-order valence-corrected chi connectivity index (χ2v) is 5.09. The Balaban J connectivity index is 1.97. The molecule has 3 unspecified atom stereocenters. The van der Waals surface area contributed by atoms with E-state index in [1.54, 1.807) is 0 Å². The highest BCUT2D eigenvalue weighted by molar-refractivity contribution is 5.76. The van der Waals surface area contributed by atoms with Gasteiger partial charge in [-0.3, -0.25) is 9.69 Å². The fraction of sp³-hybridized carbons (Fsp3) is 0.917. The van der Waals surface area contributed by atoms with Crippen molar-refractivity contribution >= 4 is 5.97 Å². The first-order chi connectivity index (χ1) is 7.63. The highest BCUT2D eigenvalue weighted by Gasteiger charge is 2.43. The van der Waals surface area contributed by atoms with Crippen molar-refractivity contribution in [3.05, 3.63) is 0 Å². The zero-order valence-electron chi connectivity index (χ0n) is 10.1. The van der Waals surface area contributed by atoms with E-state index in [-0.39, 0.29) is 18.1 Å². The van der Waals surface area contributed by atoms with Crippen molar-refractivity contribution in [1.82, 2.24) is 4.90 Å². The highest BCUT2D eigenvalue weighted by atomic mass is 16.5. The Morgan fingerprint density at radius 1 is 1.38 bits per heavy atom. The number of rotatable bonds is 4. The molecular formula is C12H21NO3. The number of aliphatic hydroxyl groups excluding tert-OH is 1. The molecule has 0 spiro atoms. The molecule has 92 valence electrons. The maximum atomic E-state index is 11.7. The Bertz CT molecular complexity index is 263.